The first-order valence-corrected chi connectivity index (χ1v) is 7.80. The minimum absolute atomic E-state index is 0.0466. The van der Waals surface area contributed by atoms with Crippen LogP contribution >= 0.6 is 23.2 Å². The molecule has 2 aromatic carbocycles. The summed E-state index contributed by atoms with van der Waals surface area (Å²) in [5.41, 5.74) is -0.321. The molecule has 128 valence electrons. The fraction of sp³-hybridized carbons (Fsp3) is 0.0588. The summed E-state index contributed by atoms with van der Waals surface area (Å²) in [5, 5.41) is 3.86. The lowest BCUT2D eigenvalue weighted by Gasteiger charge is -2.10. The molecule has 3 rings (SSSR count). The van der Waals surface area contributed by atoms with E-state index in [-0.39, 0.29) is 21.5 Å². The van der Waals surface area contributed by atoms with E-state index in [1.165, 1.54) is 18.3 Å². The van der Waals surface area contributed by atoms with Crippen molar-refractivity contribution in [2.24, 2.45) is 0 Å². The summed E-state index contributed by atoms with van der Waals surface area (Å²) in [4.78, 5) is 12.6. The van der Waals surface area contributed by atoms with Gasteiger partial charge in [0.15, 0.2) is 0 Å². The molecule has 1 aromatic heterocycles. The van der Waals surface area contributed by atoms with Gasteiger partial charge in [0, 0.05) is 0 Å². The second kappa shape index (κ2) is 7.13. The normalized spacial score (nSPS) is 10.6. The van der Waals surface area contributed by atoms with E-state index in [1.807, 2.05) is 0 Å². The molecule has 0 atom stereocenters. The third-order valence-electron chi connectivity index (χ3n) is 3.32. The Morgan fingerprint density at radius 2 is 1.72 bits per heavy atom. The van der Waals surface area contributed by atoms with Gasteiger partial charge in [0.2, 0.25) is 5.75 Å². The van der Waals surface area contributed by atoms with Gasteiger partial charge in [-0.05, 0) is 42.5 Å². The molecule has 0 amide bonds. The van der Waals surface area contributed by atoms with E-state index in [1.54, 1.807) is 31.4 Å². The number of nitrogens with zero attached hydrogens (tertiary/aromatic N) is 2. The largest absolute Gasteiger partial charge is 0.497 e. The second-order valence-corrected chi connectivity index (χ2v) is 5.73. The number of benzene rings is 2. The van der Waals surface area contributed by atoms with Crippen LogP contribution in [0.1, 0.15) is 0 Å². The van der Waals surface area contributed by atoms with Gasteiger partial charge in [-0.15, -0.1) is 0 Å². The van der Waals surface area contributed by atoms with Gasteiger partial charge in [0.1, 0.15) is 22.3 Å². The molecule has 8 heteroatoms. The van der Waals surface area contributed by atoms with Crippen LogP contribution < -0.4 is 15.0 Å². The number of rotatable bonds is 4. The number of hydrogen-bond acceptors (Lipinski definition) is 4. The van der Waals surface area contributed by atoms with Crippen LogP contribution in [0.4, 0.5) is 4.39 Å². The second-order valence-electron chi connectivity index (χ2n) is 4.91. The standard InChI is InChI=1S/C17H11Cl2FN2O3/c1-24-11-3-5-12(6-4-11)25-16-14(19)9-21-22(17(16)23)10-2-7-15(20)13(18)8-10/h2-9H,1H3. The molecular formula is C17H11Cl2FN2O3. The van der Waals surface area contributed by atoms with Crippen molar-refractivity contribution in [1.82, 2.24) is 9.78 Å². The molecular weight excluding hydrogens is 370 g/mol. The molecule has 0 saturated heterocycles. The van der Waals surface area contributed by atoms with Gasteiger partial charge in [-0.1, -0.05) is 23.2 Å². The summed E-state index contributed by atoms with van der Waals surface area (Å²) in [5.74, 6) is 0.339. The number of methoxy groups -OCH3 is 1. The zero-order chi connectivity index (χ0) is 18.0. The highest BCUT2D eigenvalue weighted by molar-refractivity contribution is 6.32. The number of halogens is 3. The van der Waals surface area contributed by atoms with Crippen LogP contribution in [0.5, 0.6) is 17.2 Å². The zero-order valence-electron chi connectivity index (χ0n) is 12.9. The maximum Gasteiger partial charge on any atom is 0.316 e. The molecule has 0 radical (unpaired) electrons. The van der Waals surface area contributed by atoms with Gasteiger partial charge in [-0.3, -0.25) is 4.79 Å². The molecule has 0 aliphatic rings. The zero-order valence-corrected chi connectivity index (χ0v) is 14.4. The fourth-order valence-corrected chi connectivity index (χ4v) is 2.41. The summed E-state index contributed by atoms with van der Waals surface area (Å²) in [6.07, 6.45) is 1.26. The summed E-state index contributed by atoms with van der Waals surface area (Å²) < 4.78 is 25.0. The van der Waals surface area contributed by atoms with Crippen LogP contribution in [0, 0.1) is 5.82 Å². The van der Waals surface area contributed by atoms with E-state index < -0.39 is 11.4 Å². The minimum Gasteiger partial charge on any atom is -0.497 e. The van der Waals surface area contributed by atoms with Crippen molar-refractivity contribution < 1.29 is 13.9 Å². The highest BCUT2D eigenvalue weighted by Crippen LogP contribution is 2.27. The van der Waals surface area contributed by atoms with Gasteiger partial charge in [-0.2, -0.15) is 9.78 Å². The molecule has 0 bridgehead atoms. The monoisotopic (exact) mass is 380 g/mol. The first-order chi connectivity index (χ1) is 12.0. The molecule has 0 fully saturated rings. The molecule has 0 spiro atoms. The molecule has 0 saturated carbocycles. The fourth-order valence-electron chi connectivity index (χ4n) is 2.07. The Kier molecular flexibility index (Phi) is 4.92. The van der Waals surface area contributed by atoms with Crippen LogP contribution in [0.15, 0.2) is 53.5 Å². The highest BCUT2D eigenvalue weighted by atomic mass is 35.5. The highest BCUT2D eigenvalue weighted by Gasteiger charge is 2.15. The minimum atomic E-state index is -0.606. The average Bonchev–Trinajstić information content (AvgIpc) is 2.62. The molecule has 0 unspecified atom stereocenters. The third kappa shape index (κ3) is 3.60. The first kappa shape index (κ1) is 17.3. The van der Waals surface area contributed by atoms with Gasteiger partial charge < -0.3 is 9.47 Å². The van der Waals surface area contributed by atoms with E-state index in [2.05, 4.69) is 5.10 Å². The first-order valence-electron chi connectivity index (χ1n) is 7.05. The molecule has 5 nitrogen and oxygen atoms in total. The number of aromatic nitrogens is 2. The van der Waals surface area contributed by atoms with E-state index >= 15 is 0 Å². The Morgan fingerprint density at radius 1 is 1.04 bits per heavy atom. The van der Waals surface area contributed by atoms with Crippen LogP contribution in [-0.4, -0.2) is 16.9 Å². The van der Waals surface area contributed by atoms with Gasteiger partial charge in [0.25, 0.3) is 0 Å². The van der Waals surface area contributed by atoms with E-state index in [0.29, 0.717) is 11.5 Å². The van der Waals surface area contributed by atoms with Crippen molar-refractivity contribution in [3.8, 4) is 22.9 Å². The molecule has 0 N–H and O–H groups in total. The van der Waals surface area contributed by atoms with Crippen LogP contribution in [0.2, 0.25) is 10.0 Å². The van der Waals surface area contributed by atoms with Crippen molar-refractivity contribution in [3.05, 3.63) is 74.9 Å². The van der Waals surface area contributed by atoms with Crippen LogP contribution in [0.3, 0.4) is 0 Å². The Labute approximate surface area is 152 Å². The van der Waals surface area contributed by atoms with Crippen molar-refractivity contribution in [1.29, 1.82) is 0 Å². The Hall–Kier alpha value is -2.57. The number of ether oxygens (including phenoxy) is 2. The number of hydrogen-bond donors (Lipinski definition) is 0. The molecule has 0 aliphatic carbocycles. The van der Waals surface area contributed by atoms with Gasteiger partial charge in [-0.25, -0.2) is 4.39 Å². The van der Waals surface area contributed by atoms with Crippen LogP contribution in [-0.2, 0) is 0 Å². The van der Waals surface area contributed by atoms with E-state index in [4.69, 9.17) is 32.7 Å². The Balaban J connectivity index is 2.02. The van der Waals surface area contributed by atoms with E-state index in [9.17, 15) is 9.18 Å². The van der Waals surface area contributed by atoms with Crippen molar-refractivity contribution >= 4 is 23.2 Å². The van der Waals surface area contributed by atoms with E-state index in [0.717, 1.165) is 10.7 Å². The van der Waals surface area contributed by atoms with Crippen molar-refractivity contribution in [2.75, 3.05) is 7.11 Å². The van der Waals surface area contributed by atoms with Gasteiger partial charge >= 0.3 is 5.56 Å². The Bertz CT molecular complexity index is 975. The smallest absolute Gasteiger partial charge is 0.316 e. The quantitative estimate of drug-likeness (QED) is 0.669. The molecule has 25 heavy (non-hydrogen) atoms. The molecule has 0 aliphatic heterocycles. The van der Waals surface area contributed by atoms with Crippen molar-refractivity contribution in [3.63, 3.8) is 0 Å². The maximum absolute atomic E-state index is 13.3. The van der Waals surface area contributed by atoms with Crippen molar-refractivity contribution in [2.45, 2.75) is 0 Å². The average molecular weight is 381 g/mol. The lowest BCUT2D eigenvalue weighted by atomic mass is 10.3. The Morgan fingerprint density at radius 3 is 2.36 bits per heavy atom. The summed E-state index contributed by atoms with van der Waals surface area (Å²) in [6.45, 7) is 0. The third-order valence-corrected chi connectivity index (χ3v) is 3.88. The summed E-state index contributed by atoms with van der Waals surface area (Å²) in [6, 6.07) is 10.4. The SMILES string of the molecule is COc1ccc(Oc2c(Cl)cnn(-c3ccc(F)c(Cl)c3)c2=O)cc1. The lowest BCUT2D eigenvalue weighted by molar-refractivity contribution is 0.412. The lowest BCUT2D eigenvalue weighted by Crippen LogP contribution is -2.22. The molecule has 1 heterocycles. The maximum atomic E-state index is 13.3. The van der Waals surface area contributed by atoms with Gasteiger partial charge in [0.05, 0.1) is 24.0 Å². The van der Waals surface area contributed by atoms with Crippen LogP contribution in [0.25, 0.3) is 5.69 Å². The summed E-state index contributed by atoms with van der Waals surface area (Å²) >= 11 is 11.8. The predicted octanol–water partition coefficient (Wildman–Crippen LogP) is 4.48. The topological polar surface area (TPSA) is 53.4 Å². The molecule has 3 aromatic rings. The summed E-state index contributed by atoms with van der Waals surface area (Å²) in [7, 11) is 1.54. The predicted molar refractivity (Wildman–Crippen MR) is 92.9 cm³/mol.